The fourth-order valence-corrected chi connectivity index (χ4v) is 1.53. The average Bonchev–Trinajstić information content (AvgIpc) is 2.19. The van der Waals surface area contributed by atoms with Crippen molar-refractivity contribution in [2.24, 2.45) is 11.1 Å². The van der Waals surface area contributed by atoms with E-state index in [1.165, 1.54) is 0 Å². The number of rotatable bonds is 3. The third-order valence-corrected chi connectivity index (χ3v) is 2.60. The molecule has 0 radical (unpaired) electrons. The molecule has 0 aromatic heterocycles. The molecule has 0 aliphatic carbocycles. The van der Waals surface area contributed by atoms with E-state index < -0.39 is 0 Å². The summed E-state index contributed by atoms with van der Waals surface area (Å²) in [6.45, 7) is 8.55. The minimum Gasteiger partial charge on any atom is -0.504 e. The third-order valence-electron chi connectivity index (χ3n) is 2.60. The van der Waals surface area contributed by atoms with E-state index in [9.17, 15) is 5.11 Å². The van der Waals surface area contributed by atoms with Gasteiger partial charge in [0.2, 0.25) is 0 Å². The number of phenolic OH excluding ortho intramolecular Hbond substituents is 1. The largest absolute Gasteiger partial charge is 0.504 e. The normalized spacial score (nSPS) is 12.8. The molecule has 3 N–H and O–H groups in total. The summed E-state index contributed by atoms with van der Waals surface area (Å²) in [6, 6.07) is 5.23. The van der Waals surface area contributed by atoms with Crippen molar-refractivity contribution < 1.29 is 9.84 Å². The van der Waals surface area contributed by atoms with Crippen LogP contribution in [0.2, 0.25) is 0 Å². The van der Waals surface area contributed by atoms with Gasteiger partial charge in [0, 0.05) is 11.6 Å². The van der Waals surface area contributed by atoms with E-state index in [1.54, 1.807) is 6.07 Å². The SMILES string of the molecule is CCOc1cccc([C@H](N)C(C)(C)C)c1O.Cl. The van der Waals surface area contributed by atoms with Crippen molar-refractivity contribution in [2.75, 3.05) is 6.61 Å². The predicted molar refractivity (Wildman–Crippen MR) is 72.9 cm³/mol. The van der Waals surface area contributed by atoms with Gasteiger partial charge in [0.05, 0.1) is 6.61 Å². The van der Waals surface area contributed by atoms with Gasteiger partial charge < -0.3 is 15.6 Å². The molecule has 3 nitrogen and oxygen atoms in total. The smallest absolute Gasteiger partial charge is 0.162 e. The fraction of sp³-hybridized carbons (Fsp3) is 0.538. The van der Waals surface area contributed by atoms with Gasteiger partial charge in [-0.2, -0.15) is 0 Å². The molecule has 1 rings (SSSR count). The molecule has 0 fully saturated rings. The number of benzene rings is 1. The zero-order chi connectivity index (χ0) is 12.3. The Hall–Kier alpha value is -0.930. The maximum Gasteiger partial charge on any atom is 0.162 e. The Bertz CT molecular complexity index is 361. The maximum atomic E-state index is 10.0. The zero-order valence-electron chi connectivity index (χ0n) is 10.9. The molecule has 0 unspecified atom stereocenters. The summed E-state index contributed by atoms with van der Waals surface area (Å²) >= 11 is 0. The summed E-state index contributed by atoms with van der Waals surface area (Å²) in [4.78, 5) is 0. The highest BCUT2D eigenvalue weighted by atomic mass is 35.5. The molecule has 0 amide bonds. The molecule has 1 aromatic carbocycles. The topological polar surface area (TPSA) is 55.5 Å². The monoisotopic (exact) mass is 259 g/mol. The second-order valence-electron chi connectivity index (χ2n) is 4.97. The van der Waals surface area contributed by atoms with Crippen LogP contribution in [-0.4, -0.2) is 11.7 Å². The summed E-state index contributed by atoms with van der Waals surface area (Å²) < 4.78 is 5.33. The van der Waals surface area contributed by atoms with Crippen LogP contribution >= 0.6 is 12.4 Å². The number of hydrogen-bond donors (Lipinski definition) is 2. The van der Waals surface area contributed by atoms with Crippen LogP contribution in [0.5, 0.6) is 11.5 Å². The van der Waals surface area contributed by atoms with E-state index >= 15 is 0 Å². The molecule has 98 valence electrons. The average molecular weight is 260 g/mol. The molecule has 0 heterocycles. The van der Waals surface area contributed by atoms with Gasteiger partial charge in [-0.05, 0) is 18.4 Å². The molecule has 1 aromatic rings. The number of hydrogen-bond acceptors (Lipinski definition) is 3. The summed E-state index contributed by atoms with van der Waals surface area (Å²) in [5.74, 6) is 0.659. The molecule has 0 bridgehead atoms. The van der Waals surface area contributed by atoms with E-state index in [0.29, 0.717) is 12.4 Å². The van der Waals surface area contributed by atoms with Crippen molar-refractivity contribution in [1.29, 1.82) is 0 Å². The second-order valence-corrected chi connectivity index (χ2v) is 4.97. The number of aromatic hydroxyl groups is 1. The number of para-hydroxylation sites is 1. The molecule has 1 atom stereocenters. The van der Waals surface area contributed by atoms with Crippen LogP contribution in [0.25, 0.3) is 0 Å². The standard InChI is InChI=1S/C13H21NO2.ClH/c1-5-16-10-8-6-7-9(11(10)15)12(14)13(2,3)4;/h6-8,12,15H,5,14H2,1-4H3;1H/t12-;/m0./s1. The molecule has 0 saturated heterocycles. The van der Waals surface area contributed by atoms with Crippen molar-refractivity contribution in [3.05, 3.63) is 23.8 Å². The first-order valence-corrected chi connectivity index (χ1v) is 5.58. The van der Waals surface area contributed by atoms with Crippen LogP contribution < -0.4 is 10.5 Å². The summed E-state index contributed by atoms with van der Waals surface area (Å²) in [6.07, 6.45) is 0. The molecule has 0 aliphatic rings. The van der Waals surface area contributed by atoms with Crippen LogP contribution in [-0.2, 0) is 0 Å². The maximum absolute atomic E-state index is 10.0. The zero-order valence-corrected chi connectivity index (χ0v) is 11.7. The summed E-state index contributed by atoms with van der Waals surface area (Å²) in [5.41, 5.74) is 6.76. The first-order chi connectivity index (χ1) is 7.38. The van der Waals surface area contributed by atoms with Gasteiger partial charge in [-0.3, -0.25) is 0 Å². The van der Waals surface area contributed by atoms with Crippen LogP contribution in [0.1, 0.15) is 39.3 Å². The van der Waals surface area contributed by atoms with E-state index in [0.717, 1.165) is 5.56 Å². The lowest BCUT2D eigenvalue weighted by molar-refractivity contribution is 0.297. The van der Waals surface area contributed by atoms with Crippen LogP contribution in [0.15, 0.2) is 18.2 Å². The Labute approximate surface area is 109 Å². The minimum absolute atomic E-state index is 0. The second kappa shape index (κ2) is 6.12. The quantitative estimate of drug-likeness (QED) is 0.876. The van der Waals surface area contributed by atoms with Gasteiger partial charge in [-0.25, -0.2) is 0 Å². The van der Waals surface area contributed by atoms with Gasteiger partial charge in [-0.1, -0.05) is 32.9 Å². The minimum atomic E-state index is -0.215. The Morgan fingerprint density at radius 3 is 2.41 bits per heavy atom. The van der Waals surface area contributed by atoms with Gasteiger partial charge >= 0.3 is 0 Å². The Morgan fingerprint density at radius 1 is 1.35 bits per heavy atom. The predicted octanol–water partition coefficient (Wildman–Crippen LogP) is 3.26. The number of halogens is 1. The Kier molecular flexibility index (Phi) is 5.79. The first kappa shape index (κ1) is 16.1. The lowest BCUT2D eigenvalue weighted by Gasteiger charge is -2.28. The highest BCUT2D eigenvalue weighted by Gasteiger charge is 2.25. The van der Waals surface area contributed by atoms with Crippen molar-refractivity contribution >= 4 is 12.4 Å². The van der Waals surface area contributed by atoms with Gasteiger partial charge in [-0.15, -0.1) is 12.4 Å². The molecular weight excluding hydrogens is 238 g/mol. The van der Waals surface area contributed by atoms with Crippen molar-refractivity contribution in [1.82, 2.24) is 0 Å². The van der Waals surface area contributed by atoms with Crippen molar-refractivity contribution in [3.8, 4) is 11.5 Å². The molecule has 4 heteroatoms. The first-order valence-electron chi connectivity index (χ1n) is 5.58. The number of ether oxygens (including phenoxy) is 1. The lowest BCUT2D eigenvalue weighted by Crippen LogP contribution is -2.26. The molecule has 0 aliphatic heterocycles. The molecule has 17 heavy (non-hydrogen) atoms. The van der Waals surface area contributed by atoms with Crippen LogP contribution in [0.4, 0.5) is 0 Å². The van der Waals surface area contributed by atoms with Gasteiger partial charge in [0.25, 0.3) is 0 Å². The molecule has 0 spiro atoms. The third kappa shape index (κ3) is 3.79. The van der Waals surface area contributed by atoms with E-state index in [4.69, 9.17) is 10.5 Å². The van der Waals surface area contributed by atoms with Gasteiger partial charge in [0.15, 0.2) is 11.5 Å². The fourth-order valence-electron chi connectivity index (χ4n) is 1.53. The van der Waals surface area contributed by atoms with Crippen molar-refractivity contribution in [2.45, 2.75) is 33.7 Å². The molecular formula is C13H22ClNO2. The highest BCUT2D eigenvalue weighted by Crippen LogP contribution is 2.39. The summed E-state index contributed by atoms with van der Waals surface area (Å²) in [5, 5.41) is 10.0. The molecule has 0 saturated carbocycles. The number of phenols is 1. The van der Waals surface area contributed by atoms with E-state index in [-0.39, 0.29) is 29.6 Å². The van der Waals surface area contributed by atoms with Crippen LogP contribution in [0, 0.1) is 5.41 Å². The van der Waals surface area contributed by atoms with Crippen molar-refractivity contribution in [3.63, 3.8) is 0 Å². The van der Waals surface area contributed by atoms with E-state index in [1.807, 2.05) is 39.8 Å². The van der Waals surface area contributed by atoms with Crippen LogP contribution in [0.3, 0.4) is 0 Å². The highest BCUT2D eigenvalue weighted by molar-refractivity contribution is 5.85. The van der Waals surface area contributed by atoms with E-state index in [2.05, 4.69) is 0 Å². The summed E-state index contributed by atoms with van der Waals surface area (Å²) in [7, 11) is 0. The lowest BCUT2D eigenvalue weighted by atomic mass is 9.82. The number of nitrogens with two attached hydrogens (primary N) is 1. The van der Waals surface area contributed by atoms with Gasteiger partial charge in [0.1, 0.15) is 0 Å². The Morgan fingerprint density at radius 2 is 1.94 bits per heavy atom. The Balaban J connectivity index is 0.00000256.